The maximum atomic E-state index is 12.5. The van der Waals surface area contributed by atoms with Crippen LogP contribution in [0, 0.1) is 0 Å². The van der Waals surface area contributed by atoms with Gasteiger partial charge in [-0.1, -0.05) is 24.3 Å². The van der Waals surface area contributed by atoms with E-state index in [2.05, 4.69) is 9.46 Å². The van der Waals surface area contributed by atoms with Crippen molar-refractivity contribution in [2.75, 3.05) is 13.7 Å². The molecule has 0 amide bonds. The van der Waals surface area contributed by atoms with Crippen LogP contribution in [0.15, 0.2) is 40.6 Å². The van der Waals surface area contributed by atoms with Crippen LogP contribution in [-0.2, 0) is 27.6 Å². The van der Waals surface area contributed by atoms with E-state index in [4.69, 9.17) is 0 Å². The average molecular weight is 381 g/mol. The highest BCUT2D eigenvalue weighted by molar-refractivity contribution is 7.89. The summed E-state index contributed by atoms with van der Waals surface area (Å²) in [5.41, 5.74) is 1.06. The Bertz CT molecular complexity index is 890. The first-order valence-electron chi connectivity index (χ1n) is 7.79. The van der Waals surface area contributed by atoms with Gasteiger partial charge in [-0.05, 0) is 35.4 Å². The van der Waals surface area contributed by atoms with E-state index >= 15 is 0 Å². The number of ether oxygens (including phenoxy) is 1. The largest absolute Gasteiger partial charge is 0.465 e. The molecule has 0 saturated heterocycles. The van der Waals surface area contributed by atoms with Crippen LogP contribution in [0.3, 0.4) is 0 Å². The van der Waals surface area contributed by atoms with E-state index in [1.807, 2.05) is 24.3 Å². The van der Waals surface area contributed by atoms with Crippen LogP contribution in [0.5, 0.6) is 0 Å². The number of benzene rings is 1. The van der Waals surface area contributed by atoms with E-state index in [-0.39, 0.29) is 16.3 Å². The smallest absolute Gasteiger partial charge is 0.349 e. The quantitative estimate of drug-likeness (QED) is 0.770. The molecule has 2 aromatic rings. The van der Waals surface area contributed by atoms with Crippen molar-refractivity contribution in [2.45, 2.75) is 29.8 Å². The maximum absolute atomic E-state index is 12.5. The average Bonchev–Trinajstić information content (AvgIpc) is 3.10. The number of rotatable bonds is 5. The van der Waals surface area contributed by atoms with Gasteiger partial charge in [-0.2, -0.15) is 0 Å². The molecular weight excluding hydrogens is 362 g/mol. The minimum Gasteiger partial charge on any atom is -0.465 e. The third-order valence-electron chi connectivity index (χ3n) is 4.38. The highest BCUT2D eigenvalue weighted by Crippen LogP contribution is 2.29. The predicted molar refractivity (Wildman–Crippen MR) is 94.3 cm³/mol. The number of sulfonamides is 1. The Morgan fingerprint density at radius 2 is 2.04 bits per heavy atom. The van der Waals surface area contributed by atoms with E-state index in [1.54, 1.807) is 0 Å². The van der Waals surface area contributed by atoms with Gasteiger partial charge in [0.2, 0.25) is 10.0 Å². The fourth-order valence-corrected chi connectivity index (χ4v) is 5.45. The van der Waals surface area contributed by atoms with Gasteiger partial charge in [0.1, 0.15) is 9.77 Å². The number of carbonyl (C=O) groups excluding carboxylic acids is 1. The maximum Gasteiger partial charge on any atom is 0.349 e. The number of fused-ring (bicyclic) bond motifs is 1. The Labute approximate surface area is 150 Å². The monoisotopic (exact) mass is 381 g/mol. The molecule has 1 atom stereocenters. The predicted octanol–water partition coefficient (Wildman–Crippen LogP) is 1.73. The molecule has 1 heterocycles. The molecule has 6 nitrogen and oxygen atoms in total. The number of hydrogen-bond acceptors (Lipinski definition) is 6. The zero-order valence-corrected chi connectivity index (χ0v) is 15.3. The van der Waals surface area contributed by atoms with Crippen molar-refractivity contribution in [3.63, 3.8) is 0 Å². The zero-order valence-electron chi connectivity index (χ0n) is 13.7. The summed E-state index contributed by atoms with van der Waals surface area (Å²) in [6.45, 7) is -0.111. The lowest BCUT2D eigenvalue weighted by Gasteiger charge is -2.33. The van der Waals surface area contributed by atoms with Gasteiger partial charge in [0.15, 0.2) is 0 Å². The highest BCUT2D eigenvalue weighted by Gasteiger charge is 2.34. The zero-order chi connectivity index (χ0) is 18.1. The van der Waals surface area contributed by atoms with Crippen LogP contribution in [0.25, 0.3) is 0 Å². The van der Waals surface area contributed by atoms with E-state index in [1.165, 1.54) is 24.1 Å². The molecule has 0 spiro atoms. The third kappa shape index (κ3) is 3.77. The summed E-state index contributed by atoms with van der Waals surface area (Å²) in [5.74, 6) is -0.694. The second-order valence-electron chi connectivity index (χ2n) is 6.10. The molecule has 1 aliphatic rings. The van der Waals surface area contributed by atoms with Gasteiger partial charge in [0.05, 0.1) is 12.7 Å². The Hall–Kier alpha value is -1.74. The van der Waals surface area contributed by atoms with E-state index < -0.39 is 21.6 Å². The van der Waals surface area contributed by atoms with Gasteiger partial charge in [0.25, 0.3) is 0 Å². The highest BCUT2D eigenvalue weighted by atomic mass is 32.2. The van der Waals surface area contributed by atoms with Crippen molar-refractivity contribution in [1.29, 1.82) is 0 Å². The molecule has 0 radical (unpaired) electrons. The molecule has 1 aliphatic carbocycles. The molecule has 25 heavy (non-hydrogen) atoms. The van der Waals surface area contributed by atoms with Gasteiger partial charge in [-0.3, -0.25) is 0 Å². The van der Waals surface area contributed by atoms with Crippen LogP contribution in [0.2, 0.25) is 0 Å². The summed E-state index contributed by atoms with van der Waals surface area (Å²) in [7, 11) is -2.72. The molecule has 0 unspecified atom stereocenters. The molecule has 0 aliphatic heterocycles. The van der Waals surface area contributed by atoms with Gasteiger partial charge in [-0.15, -0.1) is 11.3 Å². The van der Waals surface area contributed by atoms with Gasteiger partial charge in [-0.25, -0.2) is 17.9 Å². The summed E-state index contributed by atoms with van der Waals surface area (Å²) in [6.07, 6.45) is 1.56. The number of nitrogens with one attached hydrogen (secondary N) is 1. The van der Waals surface area contributed by atoms with Crippen molar-refractivity contribution >= 4 is 27.3 Å². The molecular formula is C17H19NO5S2. The number of hydrogen-bond donors (Lipinski definition) is 2. The fraction of sp³-hybridized carbons (Fsp3) is 0.353. The minimum atomic E-state index is -3.92. The molecule has 3 rings (SSSR count). The van der Waals surface area contributed by atoms with E-state index in [0.29, 0.717) is 19.3 Å². The lowest BCUT2D eigenvalue weighted by molar-refractivity contribution is 0.0317. The van der Waals surface area contributed by atoms with Crippen LogP contribution in [-0.4, -0.2) is 38.7 Å². The third-order valence-corrected chi connectivity index (χ3v) is 6.85. The SMILES string of the molecule is COC(=O)c1sccc1S(=O)(=O)NC[C@]1(O)CCc2ccccc2C1. The van der Waals surface area contributed by atoms with Gasteiger partial charge < -0.3 is 9.84 Å². The summed E-state index contributed by atoms with van der Waals surface area (Å²) >= 11 is 1.00. The van der Waals surface area contributed by atoms with Crippen LogP contribution < -0.4 is 4.72 Å². The number of aliphatic hydroxyl groups is 1. The number of methoxy groups -OCH3 is 1. The summed E-state index contributed by atoms with van der Waals surface area (Å²) in [6, 6.07) is 9.19. The molecule has 0 saturated carbocycles. The topological polar surface area (TPSA) is 92.7 Å². The number of aryl methyl sites for hydroxylation is 1. The van der Waals surface area contributed by atoms with Crippen molar-refractivity contribution < 1.29 is 23.1 Å². The lowest BCUT2D eigenvalue weighted by Crippen LogP contribution is -2.46. The molecule has 0 bridgehead atoms. The van der Waals surface area contributed by atoms with Gasteiger partial charge in [0, 0.05) is 13.0 Å². The van der Waals surface area contributed by atoms with Crippen molar-refractivity contribution in [3.05, 3.63) is 51.7 Å². The van der Waals surface area contributed by atoms with Crippen molar-refractivity contribution in [1.82, 2.24) is 4.72 Å². The minimum absolute atomic E-state index is 0.0241. The summed E-state index contributed by atoms with van der Waals surface area (Å²) in [4.78, 5) is 11.6. The second kappa shape index (κ2) is 6.87. The van der Waals surface area contributed by atoms with E-state index in [9.17, 15) is 18.3 Å². The molecule has 0 fully saturated rings. The van der Waals surface area contributed by atoms with Crippen LogP contribution in [0.1, 0.15) is 27.2 Å². The van der Waals surface area contributed by atoms with Gasteiger partial charge >= 0.3 is 5.97 Å². The summed E-state index contributed by atoms with van der Waals surface area (Å²) < 4.78 is 32.1. The molecule has 1 aromatic heterocycles. The Balaban J connectivity index is 1.75. The number of carbonyl (C=O) groups is 1. The fourth-order valence-electron chi connectivity index (χ4n) is 2.99. The Morgan fingerprint density at radius 3 is 2.76 bits per heavy atom. The Kier molecular flexibility index (Phi) is 4.97. The first kappa shape index (κ1) is 18.1. The summed E-state index contributed by atoms with van der Waals surface area (Å²) in [5, 5.41) is 12.3. The number of thiophene rings is 1. The standard InChI is InChI=1S/C17H19NO5S2/c1-23-16(19)15-14(7-9-24-15)25(21,22)18-11-17(20)8-6-12-4-2-3-5-13(12)10-17/h2-5,7,9,18,20H,6,8,10-11H2,1H3/t17-/m0/s1. The second-order valence-corrected chi connectivity index (χ2v) is 8.75. The first-order valence-corrected chi connectivity index (χ1v) is 10.2. The molecule has 8 heteroatoms. The van der Waals surface area contributed by atoms with Crippen molar-refractivity contribution in [2.24, 2.45) is 0 Å². The lowest BCUT2D eigenvalue weighted by atomic mass is 9.80. The molecule has 2 N–H and O–H groups in total. The first-order chi connectivity index (χ1) is 11.8. The van der Waals surface area contributed by atoms with Crippen molar-refractivity contribution in [3.8, 4) is 0 Å². The van der Waals surface area contributed by atoms with E-state index in [0.717, 1.165) is 16.9 Å². The molecule has 1 aromatic carbocycles. The van der Waals surface area contributed by atoms with Crippen LogP contribution >= 0.6 is 11.3 Å². The number of esters is 1. The normalized spacial score (nSPS) is 20.1. The molecule has 134 valence electrons. The Morgan fingerprint density at radius 1 is 1.32 bits per heavy atom. The van der Waals surface area contributed by atoms with Crippen LogP contribution in [0.4, 0.5) is 0 Å².